The number of furan rings is 2. The molecule has 0 saturated carbocycles. The minimum atomic E-state index is -0.541. The van der Waals surface area contributed by atoms with Crippen LogP contribution in [0.3, 0.4) is 0 Å². The van der Waals surface area contributed by atoms with Gasteiger partial charge in [0.2, 0.25) is 11.8 Å². The van der Waals surface area contributed by atoms with Gasteiger partial charge >= 0.3 is 0 Å². The quantitative estimate of drug-likeness (QED) is 0.259. The predicted molar refractivity (Wildman–Crippen MR) is 165 cm³/mol. The molecule has 4 aromatic rings. The fourth-order valence-corrected chi connectivity index (χ4v) is 5.65. The summed E-state index contributed by atoms with van der Waals surface area (Å²) >= 11 is 0. The van der Waals surface area contributed by atoms with Gasteiger partial charge in [-0.2, -0.15) is 0 Å². The van der Waals surface area contributed by atoms with Gasteiger partial charge in [0.15, 0.2) is 11.5 Å². The van der Waals surface area contributed by atoms with E-state index < -0.39 is 12.1 Å². The fourth-order valence-electron chi connectivity index (χ4n) is 5.65. The molecule has 2 atom stereocenters. The van der Waals surface area contributed by atoms with Gasteiger partial charge in [0, 0.05) is 24.5 Å². The molecular formula is C34H32N4O6. The smallest absolute Gasteiger partial charge is 0.290 e. The number of carbonyl (C=O) groups excluding carboxylic acids is 4. The Morgan fingerprint density at radius 3 is 1.39 bits per heavy atom. The first-order valence-corrected chi connectivity index (χ1v) is 14.7. The second kappa shape index (κ2) is 12.9. The summed E-state index contributed by atoms with van der Waals surface area (Å²) in [7, 11) is 0. The molecule has 2 aliphatic heterocycles. The molecule has 4 heterocycles. The van der Waals surface area contributed by atoms with E-state index in [1.807, 2.05) is 60.7 Å². The van der Waals surface area contributed by atoms with Crippen LogP contribution in [0, 0.1) is 0 Å². The standard InChI is InChI=1S/C34H32N4O6/c39-31(27-5-1-19-37(27)33(41)29-7-3-21-43-29)35-25-15-11-23(12-16-25)9-10-24-13-17-26(18-14-24)36-32(40)28-6-2-20-38(28)34(42)30-8-4-22-44-30/h3-4,7-18,21-22,27-28H,1-2,5-6,19-20H2,(H,35,39)(H,36,40)/b10-9+/t27-,28-/m0/s1. The number of carbonyl (C=O) groups is 4. The lowest BCUT2D eigenvalue weighted by atomic mass is 10.1. The van der Waals surface area contributed by atoms with Crippen molar-refractivity contribution in [2.75, 3.05) is 23.7 Å². The molecule has 2 aromatic heterocycles. The Morgan fingerprint density at radius 2 is 1.02 bits per heavy atom. The number of amides is 4. The molecular weight excluding hydrogens is 560 g/mol. The number of hydrogen-bond donors (Lipinski definition) is 2. The second-order valence-corrected chi connectivity index (χ2v) is 10.8. The Bertz CT molecular complexity index is 1520. The molecule has 0 unspecified atom stereocenters. The van der Waals surface area contributed by atoms with Crippen LogP contribution in [0.4, 0.5) is 11.4 Å². The van der Waals surface area contributed by atoms with Crippen LogP contribution in [-0.4, -0.2) is 58.6 Å². The molecule has 224 valence electrons. The topological polar surface area (TPSA) is 125 Å². The third-order valence-corrected chi connectivity index (χ3v) is 7.92. The number of likely N-dealkylation sites (tertiary alicyclic amines) is 2. The Morgan fingerprint density at radius 1 is 0.614 bits per heavy atom. The lowest BCUT2D eigenvalue weighted by Gasteiger charge is -2.23. The van der Waals surface area contributed by atoms with Crippen LogP contribution in [0.5, 0.6) is 0 Å². The summed E-state index contributed by atoms with van der Waals surface area (Å²) in [5.41, 5.74) is 3.18. The number of nitrogens with one attached hydrogen (secondary N) is 2. The minimum Gasteiger partial charge on any atom is -0.459 e. The first-order valence-electron chi connectivity index (χ1n) is 14.7. The van der Waals surface area contributed by atoms with E-state index in [2.05, 4.69) is 10.6 Å². The van der Waals surface area contributed by atoms with Gasteiger partial charge in [0.25, 0.3) is 11.8 Å². The summed E-state index contributed by atoms with van der Waals surface area (Å²) in [5.74, 6) is -0.528. The van der Waals surface area contributed by atoms with Crippen molar-refractivity contribution in [3.63, 3.8) is 0 Å². The Balaban J connectivity index is 1.01. The van der Waals surface area contributed by atoms with E-state index in [4.69, 9.17) is 8.83 Å². The van der Waals surface area contributed by atoms with Crippen molar-refractivity contribution in [2.24, 2.45) is 0 Å². The average Bonchev–Trinajstić information content (AvgIpc) is 3.88. The summed E-state index contributed by atoms with van der Waals surface area (Å²) in [6.07, 6.45) is 9.53. The van der Waals surface area contributed by atoms with Crippen LogP contribution >= 0.6 is 0 Å². The normalized spacial score (nSPS) is 18.1. The van der Waals surface area contributed by atoms with Gasteiger partial charge in [-0.15, -0.1) is 0 Å². The molecule has 10 nitrogen and oxygen atoms in total. The van der Waals surface area contributed by atoms with Crippen LogP contribution in [-0.2, 0) is 9.59 Å². The first kappa shape index (κ1) is 28.7. The SMILES string of the molecule is O=C(Nc1ccc(/C=C/c2ccc(NC(=O)[C@@H]3CCCN3C(=O)c3ccco3)cc2)cc1)[C@@H]1CCCN1C(=O)c1ccco1. The Labute approximate surface area is 254 Å². The van der Waals surface area contributed by atoms with E-state index in [0.717, 1.165) is 24.0 Å². The van der Waals surface area contributed by atoms with E-state index >= 15 is 0 Å². The van der Waals surface area contributed by atoms with Crippen molar-refractivity contribution in [3.05, 3.63) is 108 Å². The maximum atomic E-state index is 13.0. The highest BCUT2D eigenvalue weighted by Crippen LogP contribution is 2.24. The zero-order valence-electron chi connectivity index (χ0n) is 24.0. The molecule has 2 aliphatic rings. The van der Waals surface area contributed by atoms with Gasteiger partial charge in [0.1, 0.15) is 12.1 Å². The third kappa shape index (κ3) is 6.34. The molecule has 2 fully saturated rings. The second-order valence-electron chi connectivity index (χ2n) is 10.8. The summed E-state index contributed by atoms with van der Waals surface area (Å²) in [6, 6.07) is 20.4. The van der Waals surface area contributed by atoms with Crippen molar-refractivity contribution in [2.45, 2.75) is 37.8 Å². The lowest BCUT2D eigenvalue weighted by molar-refractivity contribution is -0.120. The molecule has 10 heteroatoms. The predicted octanol–water partition coefficient (Wildman–Crippen LogP) is 5.53. The number of anilines is 2. The van der Waals surface area contributed by atoms with Crippen molar-refractivity contribution < 1.29 is 28.0 Å². The van der Waals surface area contributed by atoms with Gasteiger partial charge in [-0.25, -0.2) is 0 Å². The van der Waals surface area contributed by atoms with Crippen LogP contribution in [0.2, 0.25) is 0 Å². The Hall–Kier alpha value is -5.38. The highest BCUT2D eigenvalue weighted by molar-refractivity contribution is 6.01. The zero-order chi connectivity index (χ0) is 30.5. The number of benzene rings is 2. The van der Waals surface area contributed by atoms with Crippen molar-refractivity contribution in [1.29, 1.82) is 0 Å². The third-order valence-electron chi connectivity index (χ3n) is 7.92. The summed E-state index contributed by atoms with van der Waals surface area (Å²) in [4.78, 5) is 54.5. The van der Waals surface area contributed by atoms with Crippen LogP contribution in [0.1, 0.15) is 57.9 Å². The van der Waals surface area contributed by atoms with Crippen molar-refractivity contribution in [1.82, 2.24) is 9.80 Å². The van der Waals surface area contributed by atoms with E-state index in [1.54, 1.807) is 34.1 Å². The van der Waals surface area contributed by atoms with Gasteiger partial charge < -0.3 is 29.3 Å². The molecule has 2 N–H and O–H groups in total. The highest BCUT2D eigenvalue weighted by atomic mass is 16.3. The number of hydrogen-bond acceptors (Lipinski definition) is 6. The molecule has 2 aromatic carbocycles. The average molecular weight is 593 g/mol. The fraction of sp³-hybridized carbons (Fsp3) is 0.235. The molecule has 2 saturated heterocycles. The molecule has 0 spiro atoms. The summed E-state index contributed by atoms with van der Waals surface area (Å²) in [6.45, 7) is 1.03. The zero-order valence-corrected chi connectivity index (χ0v) is 24.0. The lowest BCUT2D eigenvalue weighted by Crippen LogP contribution is -2.43. The van der Waals surface area contributed by atoms with Crippen LogP contribution in [0.25, 0.3) is 12.2 Å². The largest absolute Gasteiger partial charge is 0.459 e. The van der Waals surface area contributed by atoms with E-state index in [1.165, 1.54) is 12.5 Å². The Kier molecular flexibility index (Phi) is 8.40. The maximum absolute atomic E-state index is 13.0. The van der Waals surface area contributed by atoms with Crippen molar-refractivity contribution >= 4 is 47.2 Å². The first-order chi connectivity index (χ1) is 21.5. The molecule has 6 rings (SSSR count). The van der Waals surface area contributed by atoms with Gasteiger partial charge in [-0.05, 0) is 85.3 Å². The molecule has 0 bridgehead atoms. The van der Waals surface area contributed by atoms with Crippen molar-refractivity contribution in [3.8, 4) is 0 Å². The van der Waals surface area contributed by atoms with Crippen LogP contribution in [0.15, 0.2) is 94.2 Å². The highest BCUT2D eigenvalue weighted by Gasteiger charge is 2.36. The molecule has 0 aliphatic carbocycles. The number of nitrogens with zero attached hydrogens (tertiary/aromatic N) is 2. The monoisotopic (exact) mass is 592 g/mol. The van der Waals surface area contributed by atoms with E-state index in [9.17, 15) is 19.2 Å². The molecule has 4 amide bonds. The van der Waals surface area contributed by atoms with Gasteiger partial charge in [0.05, 0.1) is 12.5 Å². The molecule has 0 radical (unpaired) electrons. The maximum Gasteiger partial charge on any atom is 0.290 e. The van der Waals surface area contributed by atoms with E-state index in [0.29, 0.717) is 37.3 Å². The summed E-state index contributed by atoms with van der Waals surface area (Å²) in [5, 5.41) is 5.85. The number of rotatable bonds is 8. The molecule has 44 heavy (non-hydrogen) atoms. The minimum absolute atomic E-state index is 0.220. The van der Waals surface area contributed by atoms with Crippen LogP contribution < -0.4 is 10.6 Å². The van der Waals surface area contributed by atoms with Gasteiger partial charge in [-0.3, -0.25) is 19.2 Å². The summed E-state index contributed by atoms with van der Waals surface area (Å²) < 4.78 is 10.4. The van der Waals surface area contributed by atoms with Gasteiger partial charge in [-0.1, -0.05) is 36.4 Å². The van der Waals surface area contributed by atoms with E-state index in [-0.39, 0.29) is 35.1 Å².